The van der Waals surface area contributed by atoms with Gasteiger partial charge >= 0.3 is 0 Å². The number of hydrazone groups is 1. The zero-order valence-electron chi connectivity index (χ0n) is 12.0. The molecule has 0 saturated carbocycles. The van der Waals surface area contributed by atoms with E-state index in [0.717, 1.165) is 16.4 Å². The van der Waals surface area contributed by atoms with Crippen molar-refractivity contribution in [1.82, 2.24) is 4.98 Å². The van der Waals surface area contributed by atoms with Gasteiger partial charge in [-0.05, 0) is 30.7 Å². The second kappa shape index (κ2) is 7.44. The molecule has 21 heavy (non-hydrogen) atoms. The summed E-state index contributed by atoms with van der Waals surface area (Å²) in [7, 11) is 1.61. The summed E-state index contributed by atoms with van der Waals surface area (Å²) in [6.45, 7) is 6.00. The number of methoxy groups -OCH3 is 1. The van der Waals surface area contributed by atoms with E-state index in [9.17, 15) is 0 Å². The van der Waals surface area contributed by atoms with Crippen LogP contribution in [0.25, 0.3) is 0 Å². The molecule has 0 fully saturated rings. The first-order valence-electron chi connectivity index (χ1n) is 6.36. The number of hydrogen-bond acceptors (Lipinski definition) is 6. The molecule has 5 nitrogen and oxygen atoms in total. The Hall–Kier alpha value is -2.34. The highest BCUT2D eigenvalue weighted by Gasteiger charge is 2.04. The molecule has 110 valence electrons. The van der Waals surface area contributed by atoms with Gasteiger partial charge in [0.25, 0.3) is 0 Å². The predicted molar refractivity (Wildman–Crippen MR) is 86.8 cm³/mol. The topological polar surface area (TPSA) is 55.7 Å². The van der Waals surface area contributed by atoms with Gasteiger partial charge in [-0.3, -0.25) is 5.43 Å². The molecule has 0 bridgehead atoms. The van der Waals surface area contributed by atoms with Gasteiger partial charge in [-0.2, -0.15) is 5.10 Å². The van der Waals surface area contributed by atoms with Crippen molar-refractivity contribution in [2.75, 3.05) is 19.1 Å². The monoisotopic (exact) mass is 303 g/mol. The molecule has 0 amide bonds. The minimum atomic E-state index is 0.424. The number of aromatic nitrogens is 1. The summed E-state index contributed by atoms with van der Waals surface area (Å²) >= 11 is 1.51. The molecule has 0 aliphatic heterocycles. The molecule has 2 aromatic rings. The van der Waals surface area contributed by atoms with Crippen LogP contribution in [0, 0.1) is 6.92 Å². The summed E-state index contributed by atoms with van der Waals surface area (Å²) in [5.74, 6) is 1.34. The number of nitrogens with one attached hydrogen (secondary N) is 1. The first-order chi connectivity index (χ1) is 10.2. The van der Waals surface area contributed by atoms with Crippen molar-refractivity contribution in [2.24, 2.45) is 5.10 Å². The number of hydrogen-bond donors (Lipinski definition) is 1. The van der Waals surface area contributed by atoms with Crippen LogP contribution in [-0.4, -0.2) is 24.9 Å². The number of ether oxygens (including phenoxy) is 2. The number of benzene rings is 1. The molecular weight excluding hydrogens is 286 g/mol. The first-order valence-corrected chi connectivity index (χ1v) is 7.24. The van der Waals surface area contributed by atoms with E-state index in [1.807, 2.05) is 30.5 Å². The summed E-state index contributed by atoms with van der Waals surface area (Å²) in [6, 6.07) is 5.60. The van der Waals surface area contributed by atoms with Gasteiger partial charge in [0, 0.05) is 5.38 Å². The highest BCUT2D eigenvalue weighted by molar-refractivity contribution is 7.13. The fraction of sp³-hybridized carbons (Fsp3) is 0.200. The van der Waals surface area contributed by atoms with Gasteiger partial charge < -0.3 is 9.47 Å². The van der Waals surface area contributed by atoms with Gasteiger partial charge in [0.15, 0.2) is 11.5 Å². The van der Waals surface area contributed by atoms with Crippen LogP contribution in [-0.2, 0) is 0 Å². The molecular formula is C15H17N3O2S. The van der Waals surface area contributed by atoms with E-state index in [-0.39, 0.29) is 0 Å². The SMILES string of the molecule is C=CCOc1cc(C=NNc2nc(C)cs2)ccc1OC. The van der Waals surface area contributed by atoms with Crippen LogP contribution < -0.4 is 14.9 Å². The molecule has 1 aromatic carbocycles. The summed E-state index contributed by atoms with van der Waals surface area (Å²) in [5, 5.41) is 6.89. The van der Waals surface area contributed by atoms with Crippen LogP contribution in [0.2, 0.25) is 0 Å². The molecule has 1 N–H and O–H groups in total. The quantitative estimate of drug-likeness (QED) is 0.483. The number of anilines is 1. The van der Waals surface area contributed by atoms with Gasteiger partial charge in [0.05, 0.1) is 19.0 Å². The van der Waals surface area contributed by atoms with E-state index in [4.69, 9.17) is 9.47 Å². The molecule has 0 aliphatic rings. The van der Waals surface area contributed by atoms with Crippen LogP contribution in [0.1, 0.15) is 11.3 Å². The van der Waals surface area contributed by atoms with Crippen molar-refractivity contribution in [3.05, 3.63) is 47.5 Å². The molecule has 2 rings (SSSR count). The average molecular weight is 303 g/mol. The maximum atomic E-state index is 5.55. The van der Waals surface area contributed by atoms with E-state index in [1.54, 1.807) is 19.4 Å². The molecule has 0 aliphatic carbocycles. The molecule has 1 heterocycles. The smallest absolute Gasteiger partial charge is 0.203 e. The second-order valence-electron chi connectivity index (χ2n) is 4.17. The van der Waals surface area contributed by atoms with Crippen LogP contribution in [0.5, 0.6) is 11.5 Å². The average Bonchev–Trinajstić information content (AvgIpc) is 2.91. The van der Waals surface area contributed by atoms with Crippen molar-refractivity contribution in [1.29, 1.82) is 0 Å². The Balaban J connectivity index is 2.06. The number of aryl methyl sites for hydroxylation is 1. The Morgan fingerprint density at radius 2 is 2.29 bits per heavy atom. The fourth-order valence-corrected chi connectivity index (χ4v) is 2.24. The molecule has 1 aromatic heterocycles. The summed E-state index contributed by atoms with van der Waals surface area (Å²) < 4.78 is 10.8. The van der Waals surface area contributed by atoms with E-state index in [1.165, 1.54) is 11.3 Å². The van der Waals surface area contributed by atoms with Gasteiger partial charge in [0.1, 0.15) is 6.61 Å². The summed E-state index contributed by atoms with van der Waals surface area (Å²) in [4.78, 5) is 4.27. The summed E-state index contributed by atoms with van der Waals surface area (Å²) in [6.07, 6.45) is 3.39. The molecule has 0 saturated heterocycles. The Bertz CT molecular complexity index is 638. The van der Waals surface area contributed by atoms with E-state index in [2.05, 4.69) is 22.1 Å². The van der Waals surface area contributed by atoms with Crippen molar-refractivity contribution in [2.45, 2.75) is 6.92 Å². The molecule has 0 atom stereocenters. The maximum absolute atomic E-state index is 5.55. The Morgan fingerprint density at radius 3 is 2.95 bits per heavy atom. The van der Waals surface area contributed by atoms with Crippen molar-refractivity contribution in [3.63, 3.8) is 0 Å². The third kappa shape index (κ3) is 4.32. The highest BCUT2D eigenvalue weighted by atomic mass is 32.1. The maximum Gasteiger partial charge on any atom is 0.203 e. The molecule has 6 heteroatoms. The van der Waals surface area contributed by atoms with Crippen molar-refractivity contribution in [3.8, 4) is 11.5 Å². The van der Waals surface area contributed by atoms with Crippen LogP contribution >= 0.6 is 11.3 Å². The summed E-state index contributed by atoms with van der Waals surface area (Å²) in [5.41, 5.74) is 4.77. The largest absolute Gasteiger partial charge is 0.493 e. The van der Waals surface area contributed by atoms with Crippen molar-refractivity contribution >= 4 is 22.7 Å². The third-order valence-electron chi connectivity index (χ3n) is 2.54. The minimum Gasteiger partial charge on any atom is -0.493 e. The standard InChI is InChI=1S/C15H17N3O2S/c1-4-7-20-14-8-12(5-6-13(14)19-3)9-16-18-15-17-11(2)10-21-15/h4-6,8-10H,1,7H2,2-3H3,(H,17,18). The van der Waals surface area contributed by atoms with Crippen LogP contribution in [0.15, 0.2) is 41.3 Å². The third-order valence-corrected chi connectivity index (χ3v) is 3.40. The fourth-order valence-electron chi connectivity index (χ4n) is 1.60. The molecule has 0 unspecified atom stereocenters. The van der Waals surface area contributed by atoms with Crippen molar-refractivity contribution < 1.29 is 9.47 Å². The predicted octanol–water partition coefficient (Wildman–Crippen LogP) is 3.47. The zero-order valence-corrected chi connectivity index (χ0v) is 12.8. The lowest BCUT2D eigenvalue weighted by Crippen LogP contribution is -1.97. The van der Waals surface area contributed by atoms with Crippen LogP contribution in [0.3, 0.4) is 0 Å². The second-order valence-corrected chi connectivity index (χ2v) is 5.03. The number of thiazole rings is 1. The lowest BCUT2D eigenvalue weighted by atomic mass is 10.2. The lowest BCUT2D eigenvalue weighted by Gasteiger charge is -2.09. The molecule has 0 radical (unpaired) electrons. The Kier molecular flexibility index (Phi) is 5.34. The van der Waals surface area contributed by atoms with Gasteiger partial charge in [-0.1, -0.05) is 12.7 Å². The van der Waals surface area contributed by atoms with Gasteiger partial charge in [-0.15, -0.1) is 11.3 Å². The van der Waals surface area contributed by atoms with Gasteiger partial charge in [-0.25, -0.2) is 4.98 Å². The lowest BCUT2D eigenvalue weighted by molar-refractivity contribution is 0.326. The minimum absolute atomic E-state index is 0.424. The Labute approximate surface area is 127 Å². The Morgan fingerprint density at radius 1 is 1.43 bits per heavy atom. The zero-order chi connectivity index (χ0) is 15.1. The van der Waals surface area contributed by atoms with Crippen LogP contribution in [0.4, 0.5) is 5.13 Å². The highest BCUT2D eigenvalue weighted by Crippen LogP contribution is 2.27. The van der Waals surface area contributed by atoms with E-state index in [0.29, 0.717) is 18.1 Å². The molecule has 0 spiro atoms. The number of rotatable bonds is 7. The normalized spacial score (nSPS) is 10.6. The van der Waals surface area contributed by atoms with E-state index < -0.39 is 0 Å². The number of nitrogens with zero attached hydrogens (tertiary/aromatic N) is 2. The van der Waals surface area contributed by atoms with E-state index >= 15 is 0 Å². The van der Waals surface area contributed by atoms with Gasteiger partial charge in [0.2, 0.25) is 5.13 Å². The first kappa shape index (κ1) is 15.1.